The van der Waals surface area contributed by atoms with Gasteiger partial charge in [0.15, 0.2) is 0 Å². The van der Waals surface area contributed by atoms with Crippen LogP contribution in [0, 0.1) is 23.7 Å². The Kier molecular flexibility index (Phi) is 4.69. The van der Waals surface area contributed by atoms with Gasteiger partial charge in [0.25, 0.3) is 0 Å². The van der Waals surface area contributed by atoms with E-state index in [1.807, 2.05) is 6.07 Å². The van der Waals surface area contributed by atoms with Crippen molar-refractivity contribution in [3.8, 4) is 29.7 Å². The van der Waals surface area contributed by atoms with Gasteiger partial charge in [-0.05, 0) is 18.2 Å². The topological polar surface area (TPSA) is 87.9 Å². The molecule has 0 amide bonds. The number of methoxy groups -OCH3 is 1. The van der Waals surface area contributed by atoms with Crippen LogP contribution in [0.25, 0.3) is 11.3 Å². The van der Waals surface area contributed by atoms with E-state index in [0.717, 1.165) is 5.56 Å². The molecule has 108 valence electrons. The molecule has 1 aromatic heterocycles. The third-order valence-electron chi connectivity index (χ3n) is 2.78. The lowest BCUT2D eigenvalue weighted by Crippen LogP contribution is -2.17. The second kappa shape index (κ2) is 6.87. The SMILES string of the molecule is C#Cc1cc(-c2cccc(C#N)c2)nc(NCC(=O)OC)n1. The van der Waals surface area contributed by atoms with Crippen LogP contribution in [0.4, 0.5) is 5.95 Å². The Morgan fingerprint density at radius 1 is 1.41 bits per heavy atom. The lowest BCUT2D eigenvalue weighted by molar-refractivity contribution is -0.138. The number of nitrogens with one attached hydrogen (secondary N) is 1. The number of carbonyl (C=O) groups excluding carboxylic acids is 1. The number of rotatable bonds is 4. The molecule has 0 unspecified atom stereocenters. The van der Waals surface area contributed by atoms with Crippen molar-refractivity contribution in [1.29, 1.82) is 5.26 Å². The van der Waals surface area contributed by atoms with Gasteiger partial charge in [-0.1, -0.05) is 18.1 Å². The van der Waals surface area contributed by atoms with E-state index in [1.54, 1.807) is 24.3 Å². The maximum atomic E-state index is 11.2. The Labute approximate surface area is 127 Å². The van der Waals surface area contributed by atoms with Gasteiger partial charge in [0.1, 0.15) is 12.2 Å². The van der Waals surface area contributed by atoms with Gasteiger partial charge in [0.2, 0.25) is 5.95 Å². The predicted molar refractivity (Wildman–Crippen MR) is 80.6 cm³/mol. The van der Waals surface area contributed by atoms with Gasteiger partial charge in [-0.15, -0.1) is 6.42 Å². The van der Waals surface area contributed by atoms with E-state index in [0.29, 0.717) is 17.0 Å². The summed E-state index contributed by atoms with van der Waals surface area (Å²) in [6.07, 6.45) is 5.39. The molecule has 0 saturated carbocycles. The molecule has 0 atom stereocenters. The highest BCUT2D eigenvalue weighted by atomic mass is 16.5. The molecule has 0 aliphatic heterocycles. The Morgan fingerprint density at radius 3 is 2.91 bits per heavy atom. The van der Waals surface area contributed by atoms with Gasteiger partial charge in [-0.25, -0.2) is 9.97 Å². The van der Waals surface area contributed by atoms with E-state index >= 15 is 0 Å². The molecule has 0 bridgehead atoms. The minimum atomic E-state index is -0.442. The minimum Gasteiger partial charge on any atom is -0.468 e. The molecule has 1 heterocycles. The number of carbonyl (C=O) groups is 1. The van der Waals surface area contributed by atoms with Crippen LogP contribution < -0.4 is 5.32 Å². The molecule has 6 nitrogen and oxygen atoms in total. The first kappa shape index (κ1) is 15.0. The summed E-state index contributed by atoms with van der Waals surface area (Å²) in [5, 5.41) is 11.7. The van der Waals surface area contributed by atoms with Crippen LogP contribution in [-0.2, 0) is 9.53 Å². The first-order chi connectivity index (χ1) is 10.7. The highest BCUT2D eigenvalue weighted by molar-refractivity contribution is 5.74. The van der Waals surface area contributed by atoms with E-state index in [4.69, 9.17) is 11.7 Å². The summed E-state index contributed by atoms with van der Waals surface area (Å²) in [5.74, 6) is 2.21. The standard InChI is InChI=1S/C16H12N4O2/c1-3-13-8-14(12-6-4-5-11(7-12)9-17)20-16(19-13)18-10-15(21)22-2/h1,4-8H,10H2,2H3,(H,18,19,20). The van der Waals surface area contributed by atoms with Crippen molar-refractivity contribution in [2.75, 3.05) is 19.0 Å². The third kappa shape index (κ3) is 3.59. The third-order valence-corrected chi connectivity index (χ3v) is 2.78. The van der Waals surface area contributed by atoms with E-state index in [-0.39, 0.29) is 12.5 Å². The van der Waals surface area contributed by atoms with Gasteiger partial charge >= 0.3 is 5.97 Å². The molecule has 0 fully saturated rings. The van der Waals surface area contributed by atoms with Crippen molar-refractivity contribution in [3.05, 3.63) is 41.6 Å². The molecule has 2 rings (SSSR count). The molecule has 0 aliphatic carbocycles. The summed E-state index contributed by atoms with van der Waals surface area (Å²) >= 11 is 0. The predicted octanol–water partition coefficient (Wildman–Crippen LogP) is 1.58. The molecule has 0 radical (unpaired) electrons. The zero-order valence-electron chi connectivity index (χ0n) is 11.8. The van der Waals surface area contributed by atoms with Gasteiger partial charge in [0, 0.05) is 5.56 Å². The molecule has 1 N–H and O–H groups in total. The lowest BCUT2D eigenvalue weighted by atomic mass is 10.1. The Morgan fingerprint density at radius 2 is 2.23 bits per heavy atom. The first-order valence-corrected chi connectivity index (χ1v) is 6.33. The van der Waals surface area contributed by atoms with Crippen molar-refractivity contribution >= 4 is 11.9 Å². The summed E-state index contributed by atoms with van der Waals surface area (Å²) < 4.78 is 4.54. The number of esters is 1. The second-order valence-corrected chi connectivity index (χ2v) is 4.23. The number of nitriles is 1. The number of aromatic nitrogens is 2. The normalized spacial score (nSPS) is 9.41. The molecule has 0 aliphatic rings. The van der Waals surface area contributed by atoms with Crippen LogP contribution in [0.2, 0.25) is 0 Å². The quantitative estimate of drug-likeness (QED) is 0.680. The van der Waals surface area contributed by atoms with E-state index in [2.05, 4.69) is 32.0 Å². The number of anilines is 1. The fraction of sp³-hybridized carbons (Fsp3) is 0.125. The van der Waals surface area contributed by atoms with E-state index < -0.39 is 5.97 Å². The number of benzene rings is 1. The van der Waals surface area contributed by atoms with Crippen molar-refractivity contribution in [3.63, 3.8) is 0 Å². The van der Waals surface area contributed by atoms with Crippen LogP contribution in [0.15, 0.2) is 30.3 Å². The second-order valence-electron chi connectivity index (χ2n) is 4.23. The zero-order valence-corrected chi connectivity index (χ0v) is 11.8. The van der Waals surface area contributed by atoms with Crippen molar-refractivity contribution in [2.45, 2.75) is 0 Å². The van der Waals surface area contributed by atoms with Crippen LogP contribution in [-0.4, -0.2) is 29.6 Å². The zero-order chi connectivity index (χ0) is 15.9. The summed E-state index contributed by atoms with van der Waals surface area (Å²) in [6, 6.07) is 10.7. The molecule has 0 saturated heterocycles. The fourth-order valence-corrected chi connectivity index (χ4v) is 1.72. The van der Waals surface area contributed by atoms with Crippen LogP contribution in [0.5, 0.6) is 0 Å². The average molecular weight is 292 g/mol. The number of terminal acetylenes is 1. The highest BCUT2D eigenvalue weighted by Gasteiger charge is 2.08. The summed E-state index contributed by atoms with van der Waals surface area (Å²) in [4.78, 5) is 19.6. The van der Waals surface area contributed by atoms with Gasteiger partial charge in [-0.2, -0.15) is 5.26 Å². The van der Waals surface area contributed by atoms with Gasteiger partial charge < -0.3 is 10.1 Å². The summed E-state index contributed by atoms with van der Waals surface area (Å²) in [5.41, 5.74) is 2.19. The van der Waals surface area contributed by atoms with Crippen LogP contribution >= 0.6 is 0 Å². The molecule has 2 aromatic rings. The van der Waals surface area contributed by atoms with E-state index in [1.165, 1.54) is 7.11 Å². The monoisotopic (exact) mass is 292 g/mol. The Balaban J connectivity index is 2.37. The molecule has 1 aromatic carbocycles. The van der Waals surface area contributed by atoms with Gasteiger partial charge in [0.05, 0.1) is 24.4 Å². The van der Waals surface area contributed by atoms with Crippen LogP contribution in [0.1, 0.15) is 11.3 Å². The highest BCUT2D eigenvalue weighted by Crippen LogP contribution is 2.20. The lowest BCUT2D eigenvalue weighted by Gasteiger charge is -2.07. The minimum absolute atomic E-state index is 0.0673. The summed E-state index contributed by atoms with van der Waals surface area (Å²) in [7, 11) is 1.29. The van der Waals surface area contributed by atoms with E-state index in [9.17, 15) is 4.79 Å². The number of hydrogen-bond acceptors (Lipinski definition) is 6. The molecule has 6 heteroatoms. The summed E-state index contributed by atoms with van der Waals surface area (Å²) in [6.45, 7) is -0.0673. The molecule has 22 heavy (non-hydrogen) atoms. The van der Waals surface area contributed by atoms with Crippen molar-refractivity contribution in [2.24, 2.45) is 0 Å². The van der Waals surface area contributed by atoms with Crippen molar-refractivity contribution in [1.82, 2.24) is 9.97 Å². The van der Waals surface area contributed by atoms with Gasteiger partial charge in [-0.3, -0.25) is 4.79 Å². The average Bonchev–Trinajstić information content (AvgIpc) is 2.59. The maximum absolute atomic E-state index is 11.2. The van der Waals surface area contributed by atoms with Crippen molar-refractivity contribution < 1.29 is 9.53 Å². The number of ether oxygens (including phenoxy) is 1. The first-order valence-electron chi connectivity index (χ1n) is 6.33. The molecular weight excluding hydrogens is 280 g/mol. The Hall–Kier alpha value is -3.38. The molecular formula is C16H12N4O2. The smallest absolute Gasteiger partial charge is 0.325 e. The maximum Gasteiger partial charge on any atom is 0.325 e. The number of nitrogens with zero attached hydrogens (tertiary/aromatic N) is 3. The number of hydrogen-bond donors (Lipinski definition) is 1. The largest absolute Gasteiger partial charge is 0.468 e. The molecule has 0 spiro atoms. The van der Waals surface area contributed by atoms with Crippen LogP contribution in [0.3, 0.4) is 0 Å². The fourth-order valence-electron chi connectivity index (χ4n) is 1.72. The Bertz CT molecular complexity index is 787.